The number of ether oxygens (including phenoxy) is 2. The fraction of sp³-hybridized carbons (Fsp3) is 0.550. The van der Waals surface area contributed by atoms with Crippen molar-refractivity contribution in [2.24, 2.45) is 0 Å². The third kappa shape index (κ3) is 5.22. The molecule has 0 spiro atoms. The summed E-state index contributed by atoms with van der Waals surface area (Å²) in [4.78, 5) is 18.3. The Labute approximate surface area is 172 Å². The maximum absolute atomic E-state index is 13.8. The summed E-state index contributed by atoms with van der Waals surface area (Å²) in [7, 11) is 0. The summed E-state index contributed by atoms with van der Waals surface area (Å²) in [5, 5.41) is 4.44. The molecule has 30 heavy (non-hydrogen) atoms. The van der Waals surface area contributed by atoms with Crippen molar-refractivity contribution in [3.8, 4) is 17.1 Å². The lowest BCUT2D eigenvalue weighted by Gasteiger charge is -2.33. The van der Waals surface area contributed by atoms with Gasteiger partial charge in [0.25, 0.3) is 0 Å². The van der Waals surface area contributed by atoms with Crippen LogP contribution < -0.4 is 4.74 Å². The summed E-state index contributed by atoms with van der Waals surface area (Å²) < 4.78 is 50.3. The van der Waals surface area contributed by atoms with E-state index in [1.807, 2.05) is 20.8 Å². The first-order valence-corrected chi connectivity index (χ1v) is 9.69. The number of amides is 1. The number of hydrogen-bond acceptors (Lipinski definition) is 5. The number of carbonyl (C=O) groups excluding carboxylic acids is 1. The van der Waals surface area contributed by atoms with Gasteiger partial charge in [-0.25, -0.2) is 18.9 Å². The number of piperidine rings is 1. The van der Waals surface area contributed by atoms with Crippen molar-refractivity contribution < 1.29 is 27.4 Å². The minimum atomic E-state index is -3.13. The monoisotopic (exact) mass is 426 g/mol. The fourth-order valence-electron chi connectivity index (χ4n) is 3.33. The van der Waals surface area contributed by atoms with Crippen LogP contribution in [0.3, 0.4) is 0 Å². The molecular formula is C20H25F3N4O3. The Hall–Kier alpha value is -2.78. The van der Waals surface area contributed by atoms with Gasteiger partial charge in [0.1, 0.15) is 11.4 Å². The SMILES string of the molecule is Cc1nc(-c2ccc(F)c(OC(F)F)c2)n(C2CCN(C(=O)OC(C)(C)C)CC2)n1. The molecule has 2 heterocycles. The van der Waals surface area contributed by atoms with Crippen LogP contribution in [0.25, 0.3) is 11.4 Å². The second-order valence-corrected chi connectivity index (χ2v) is 8.15. The van der Waals surface area contributed by atoms with Crippen LogP contribution in [0, 0.1) is 12.7 Å². The molecule has 1 aliphatic heterocycles. The second-order valence-electron chi connectivity index (χ2n) is 8.15. The van der Waals surface area contributed by atoms with Crippen LogP contribution >= 0.6 is 0 Å². The van der Waals surface area contributed by atoms with Gasteiger partial charge in [0, 0.05) is 18.7 Å². The lowest BCUT2D eigenvalue weighted by molar-refractivity contribution is -0.0521. The molecule has 0 N–H and O–H groups in total. The first kappa shape index (κ1) is 21.9. The highest BCUT2D eigenvalue weighted by Gasteiger charge is 2.29. The van der Waals surface area contributed by atoms with Crippen molar-refractivity contribution >= 4 is 6.09 Å². The van der Waals surface area contributed by atoms with E-state index in [1.54, 1.807) is 16.5 Å². The van der Waals surface area contributed by atoms with Gasteiger partial charge in [-0.1, -0.05) is 0 Å². The quantitative estimate of drug-likeness (QED) is 0.717. The van der Waals surface area contributed by atoms with E-state index in [2.05, 4.69) is 14.8 Å². The maximum Gasteiger partial charge on any atom is 0.410 e. The molecular weight excluding hydrogens is 401 g/mol. The number of carbonyl (C=O) groups is 1. The summed E-state index contributed by atoms with van der Waals surface area (Å²) in [6.07, 6.45) is 0.885. The molecule has 1 amide bonds. The number of nitrogens with zero attached hydrogens (tertiary/aromatic N) is 4. The van der Waals surface area contributed by atoms with Gasteiger partial charge in [-0.2, -0.15) is 13.9 Å². The topological polar surface area (TPSA) is 69.5 Å². The Bertz CT molecular complexity index is 903. The molecule has 0 unspecified atom stereocenters. The van der Waals surface area contributed by atoms with E-state index >= 15 is 0 Å². The number of likely N-dealkylation sites (tertiary alicyclic amines) is 1. The van der Waals surface area contributed by atoms with Crippen molar-refractivity contribution in [2.75, 3.05) is 13.1 Å². The van der Waals surface area contributed by atoms with E-state index in [9.17, 15) is 18.0 Å². The lowest BCUT2D eigenvalue weighted by Crippen LogP contribution is -2.42. The summed E-state index contributed by atoms with van der Waals surface area (Å²) in [5.74, 6) is -0.496. The Morgan fingerprint density at radius 2 is 1.90 bits per heavy atom. The molecule has 1 aromatic heterocycles. The molecule has 1 fully saturated rings. The van der Waals surface area contributed by atoms with E-state index in [0.29, 0.717) is 43.1 Å². The van der Waals surface area contributed by atoms with E-state index in [1.165, 1.54) is 12.1 Å². The number of alkyl halides is 2. The third-order valence-corrected chi connectivity index (χ3v) is 4.60. The molecule has 2 aromatic rings. The molecule has 0 atom stereocenters. The second kappa shape index (κ2) is 8.53. The van der Waals surface area contributed by atoms with Gasteiger partial charge >= 0.3 is 12.7 Å². The molecule has 0 radical (unpaired) electrons. The number of aryl methyl sites for hydroxylation is 1. The van der Waals surface area contributed by atoms with E-state index in [4.69, 9.17) is 4.74 Å². The molecule has 1 saturated heterocycles. The van der Waals surface area contributed by atoms with E-state index in [0.717, 1.165) is 6.07 Å². The van der Waals surface area contributed by atoms with Crippen molar-refractivity contribution in [1.29, 1.82) is 0 Å². The van der Waals surface area contributed by atoms with Crippen LogP contribution in [0.2, 0.25) is 0 Å². The Kier molecular flexibility index (Phi) is 6.23. The molecule has 0 bridgehead atoms. The molecule has 164 valence electrons. The number of halogens is 3. The van der Waals surface area contributed by atoms with Crippen molar-refractivity contribution in [3.63, 3.8) is 0 Å². The average Bonchev–Trinajstić information content (AvgIpc) is 3.03. The average molecular weight is 426 g/mol. The third-order valence-electron chi connectivity index (χ3n) is 4.60. The van der Waals surface area contributed by atoms with Gasteiger partial charge in [0.15, 0.2) is 17.4 Å². The van der Waals surface area contributed by atoms with Crippen LogP contribution in [-0.4, -0.2) is 51.1 Å². The molecule has 1 aliphatic rings. The maximum atomic E-state index is 13.8. The van der Waals surface area contributed by atoms with E-state index < -0.39 is 23.8 Å². The van der Waals surface area contributed by atoms with Crippen LogP contribution in [0.1, 0.15) is 45.5 Å². The first-order valence-electron chi connectivity index (χ1n) is 9.69. The number of rotatable bonds is 4. The van der Waals surface area contributed by atoms with Gasteiger partial charge in [0.05, 0.1) is 6.04 Å². The van der Waals surface area contributed by atoms with Gasteiger partial charge in [-0.3, -0.25) is 0 Å². The van der Waals surface area contributed by atoms with Gasteiger partial charge in [0.2, 0.25) is 0 Å². The normalized spacial score (nSPS) is 15.5. The van der Waals surface area contributed by atoms with Crippen LogP contribution in [-0.2, 0) is 4.74 Å². The predicted octanol–water partition coefficient (Wildman–Crippen LogP) is 4.57. The van der Waals surface area contributed by atoms with Crippen LogP contribution in [0.15, 0.2) is 18.2 Å². The minimum Gasteiger partial charge on any atom is -0.444 e. The molecule has 3 rings (SSSR count). The lowest BCUT2D eigenvalue weighted by atomic mass is 10.0. The zero-order chi connectivity index (χ0) is 22.1. The largest absolute Gasteiger partial charge is 0.444 e. The Balaban J connectivity index is 1.78. The van der Waals surface area contributed by atoms with Gasteiger partial charge in [-0.15, -0.1) is 0 Å². The van der Waals surface area contributed by atoms with Crippen molar-refractivity contribution in [2.45, 2.75) is 58.8 Å². The molecule has 1 aromatic carbocycles. The first-order chi connectivity index (χ1) is 14.0. The van der Waals surface area contributed by atoms with Gasteiger partial charge in [-0.05, 0) is 58.7 Å². The zero-order valence-corrected chi connectivity index (χ0v) is 17.4. The fourth-order valence-corrected chi connectivity index (χ4v) is 3.33. The summed E-state index contributed by atoms with van der Waals surface area (Å²) in [6, 6.07) is 3.65. The number of benzene rings is 1. The van der Waals surface area contributed by atoms with Gasteiger partial charge < -0.3 is 14.4 Å². The van der Waals surface area contributed by atoms with Crippen LogP contribution in [0.5, 0.6) is 5.75 Å². The minimum absolute atomic E-state index is 0.0515. The molecule has 7 nitrogen and oxygen atoms in total. The summed E-state index contributed by atoms with van der Waals surface area (Å²) in [5.41, 5.74) is -0.146. The van der Waals surface area contributed by atoms with Crippen molar-refractivity contribution in [1.82, 2.24) is 19.7 Å². The highest BCUT2D eigenvalue weighted by Crippen LogP contribution is 2.31. The molecule has 0 aliphatic carbocycles. The smallest absolute Gasteiger partial charge is 0.410 e. The number of aromatic nitrogens is 3. The number of hydrogen-bond donors (Lipinski definition) is 0. The zero-order valence-electron chi connectivity index (χ0n) is 17.4. The standard InChI is InChI=1S/C20H25F3N4O3/c1-12-24-17(13-5-6-15(21)16(11-13)29-18(22)23)27(25-12)14-7-9-26(10-8-14)19(28)30-20(2,3)4/h5-6,11,14,18H,7-10H2,1-4H3. The van der Waals surface area contributed by atoms with Crippen LogP contribution in [0.4, 0.5) is 18.0 Å². The summed E-state index contributed by atoms with van der Waals surface area (Å²) in [6.45, 7) is 5.01. The molecule has 0 saturated carbocycles. The Morgan fingerprint density at radius 1 is 1.23 bits per heavy atom. The van der Waals surface area contributed by atoms with E-state index in [-0.39, 0.29) is 12.1 Å². The summed E-state index contributed by atoms with van der Waals surface area (Å²) >= 11 is 0. The predicted molar refractivity (Wildman–Crippen MR) is 103 cm³/mol. The highest BCUT2D eigenvalue weighted by atomic mass is 19.3. The Morgan fingerprint density at radius 3 is 2.50 bits per heavy atom. The van der Waals surface area contributed by atoms with Crippen molar-refractivity contribution in [3.05, 3.63) is 29.8 Å². The highest BCUT2D eigenvalue weighted by molar-refractivity contribution is 5.68. The molecule has 10 heteroatoms.